The topological polar surface area (TPSA) is 210 Å². The van der Waals surface area contributed by atoms with Gasteiger partial charge in [0.1, 0.15) is 13.2 Å². The number of amides is 5. The lowest BCUT2D eigenvalue weighted by atomic mass is 10.0. The molecule has 2 heterocycles. The second-order valence-corrected chi connectivity index (χ2v) is 12.2. The maximum atomic E-state index is 12.0. The summed E-state index contributed by atoms with van der Waals surface area (Å²) >= 11 is 1.88. The van der Waals surface area contributed by atoms with Crippen LogP contribution in [0.3, 0.4) is 0 Å². The summed E-state index contributed by atoms with van der Waals surface area (Å²) in [4.78, 5) is 46.9. The zero-order valence-corrected chi connectivity index (χ0v) is 28.2. The van der Waals surface area contributed by atoms with Gasteiger partial charge in [-0.1, -0.05) is 18.6 Å². The Kier molecular flexibility index (Phi) is 19.3. The van der Waals surface area contributed by atoms with Crippen LogP contribution in [0.1, 0.15) is 31.2 Å². The van der Waals surface area contributed by atoms with Crippen LogP contribution in [-0.2, 0) is 39.8 Å². The predicted octanol–water partition coefficient (Wildman–Crippen LogP) is 1.13. The minimum absolute atomic E-state index is 0.00817. The second-order valence-electron chi connectivity index (χ2n) is 11.0. The molecule has 2 aliphatic rings. The molecule has 270 valence electrons. The fourth-order valence-corrected chi connectivity index (χ4v) is 6.34. The molecule has 0 aromatic heterocycles. The molecule has 16 nitrogen and oxygen atoms in total. The number of nitrogens with two attached hydrogens (primary N) is 1. The van der Waals surface area contributed by atoms with E-state index in [0.717, 1.165) is 30.6 Å². The second kappa shape index (κ2) is 23.8. The van der Waals surface area contributed by atoms with Gasteiger partial charge >= 0.3 is 18.2 Å². The first-order valence-corrected chi connectivity index (χ1v) is 17.4. The standard InChI is InChI=1S/C31H50N6O10S/c32-24-7-5-23(6-8-24)21-35-31(41)47-20-18-45-16-15-44-17-19-46-30(40)34-10-12-43-14-13-42-11-9-33-27(38)4-2-1-3-26-28-25(22-48-26)36-29(39)37-28/h5-8,25-26,28H,1-4,9-22,32H2,(H,33,38)(H,34,40)(H,35,41)(H2,36,37,39). The van der Waals surface area contributed by atoms with Gasteiger partial charge in [-0.3, -0.25) is 4.79 Å². The number of urea groups is 1. The number of unbranched alkanes of at least 4 members (excludes halogenated alkanes) is 1. The van der Waals surface area contributed by atoms with E-state index in [-0.39, 0.29) is 57.0 Å². The van der Waals surface area contributed by atoms with Crippen molar-refractivity contribution in [1.29, 1.82) is 0 Å². The number of carbonyl (C=O) groups excluding carboxylic acids is 4. The number of anilines is 1. The largest absolute Gasteiger partial charge is 0.447 e. The lowest BCUT2D eigenvalue weighted by molar-refractivity contribution is -0.121. The smallest absolute Gasteiger partial charge is 0.407 e. The van der Waals surface area contributed by atoms with Gasteiger partial charge in [0.2, 0.25) is 5.91 Å². The molecule has 0 aliphatic carbocycles. The summed E-state index contributed by atoms with van der Waals surface area (Å²) in [6, 6.07) is 7.53. The summed E-state index contributed by atoms with van der Waals surface area (Å²) in [7, 11) is 0. The third-order valence-electron chi connectivity index (χ3n) is 7.25. The van der Waals surface area contributed by atoms with Crippen molar-refractivity contribution in [3.05, 3.63) is 29.8 Å². The number of alkyl carbamates (subject to hydrolysis) is 2. The van der Waals surface area contributed by atoms with E-state index in [9.17, 15) is 19.2 Å². The van der Waals surface area contributed by atoms with E-state index < -0.39 is 12.2 Å². The molecule has 0 radical (unpaired) electrons. The number of hydrogen-bond acceptors (Lipinski definition) is 12. The van der Waals surface area contributed by atoms with Gasteiger partial charge < -0.3 is 60.7 Å². The molecule has 2 aliphatic heterocycles. The van der Waals surface area contributed by atoms with Gasteiger partial charge in [-0.05, 0) is 30.5 Å². The Bertz CT molecular complexity index is 1100. The third-order valence-corrected chi connectivity index (χ3v) is 8.76. The van der Waals surface area contributed by atoms with Gasteiger partial charge in [0.05, 0.1) is 64.9 Å². The molecule has 2 saturated heterocycles. The molecule has 1 aromatic carbocycles. The first kappa shape index (κ1) is 38.9. The fourth-order valence-electron chi connectivity index (χ4n) is 4.79. The van der Waals surface area contributed by atoms with Crippen molar-refractivity contribution in [2.45, 2.75) is 49.6 Å². The summed E-state index contributed by atoms with van der Waals surface area (Å²) < 4.78 is 31.6. The molecule has 0 saturated carbocycles. The van der Waals surface area contributed by atoms with Crippen molar-refractivity contribution in [1.82, 2.24) is 26.6 Å². The van der Waals surface area contributed by atoms with Crippen molar-refractivity contribution >= 4 is 41.6 Å². The van der Waals surface area contributed by atoms with Crippen LogP contribution >= 0.6 is 11.8 Å². The highest BCUT2D eigenvalue weighted by Gasteiger charge is 2.42. The molecule has 3 atom stereocenters. The molecule has 48 heavy (non-hydrogen) atoms. The Morgan fingerprint density at radius 3 is 2.00 bits per heavy atom. The molecule has 0 spiro atoms. The average molecular weight is 699 g/mol. The number of nitrogens with one attached hydrogen (secondary N) is 5. The Hall–Kier alpha value is -3.51. The van der Waals surface area contributed by atoms with Crippen LogP contribution in [0.4, 0.5) is 20.1 Å². The Morgan fingerprint density at radius 1 is 0.750 bits per heavy atom. The van der Waals surface area contributed by atoms with Crippen molar-refractivity contribution in [2.24, 2.45) is 0 Å². The third kappa shape index (κ3) is 17.1. The summed E-state index contributed by atoms with van der Waals surface area (Å²) in [6.07, 6.45) is 2.13. The van der Waals surface area contributed by atoms with Crippen LogP contribution in [0, 0.1) is 0 Å². The number of thioether (sulfide) groups is 1. The van der Waals surface area contributed by atoms with Gasteiger partial charge in [-0.2, -0.15) is 11.8 Å². The summed E-state index contributed by atoms with van der Waals surface area (Å²) in [5.41, 5.74) is 7.20. The number of rotatable bonds is 25. The summed E-state index contributed by atoms with van der Waals surface area (Å²) in [5, 5.41) is 14.4. The predicted molar refractivity (Wildman–Crippen MR) is 179 cm³/mol. The van der Waals surface area contributed by atoms with E-state index in [1.54, 1.807) is 12.1 Å². The molecular weight excluding hydrogens is 648 g/mol. The fraction of sp³-hybridized carbons (Fsp3) is 0.677. The van der Waals surface area contributed by atoms with Gasteiger partial charge in [-0.15, -0.1) is 0 Å². The van der Waals surface area contributed by atoms with Crippen LogP contribution < -0.4 is 32.3 Å². The molecule has 3 rings (SSSR count). The SMILES string of the molecule is Nc1ccc(CNC(=O)OCCOCCOCCOC(=O)NCCOCCOCCNC(=O)CCCCC2SCC3NC(=O)NC32)cc1. The minimum Gasteiger partial charge on any atom is -0.447 e. The van der Waals surface area contributed by atoms with E-state index in [4.69, 9.17) is 34.2 Å². The van der Waals surface area contributed by atoms with Crippen LogP contribution in [0.2, 0.25) is 0 Å². The molecule has 2 fully saturated rings. The molecule has 5 amide bonds. The molecule has 3 unspecified atom stereocenters. The molecule has 1 aromatic rings. The Morgan fingerprint density at radius 2 is 1.33 bits per heavy atom. The number of hydrogen-bond donors (Lipinski definition) is 6. The number of fused-ring (bicyclic) bond motifs is 1. The van der Waals surface area contributed by atoms with Crippen LogP contribution in [0.5, 0.6) is 0 Å². The first-order chi connectivity index (χ1) is 23.4. The molecule has 7 N–H and O–H groups in total. The van der Waals surface area contributed by atoms with Gasteiger partial charge in [0.25, 0.3) is 0 Å². The zero-order chi connectivity index (χ0) is 34.2. The van der Waals surface area contributed by atoms with Gasteiger partial charge in [-0.25, -0.2) is 14.4 Å². The monoisotopic (exact) mass is 698 g/mol. The maximum Gasteiger partial charge on any atom is 0.407 e. The van der Waals surface area contributed by atoms with Crippen molar-refractivity contribution in [2.75, 3.05) is 90.6 Å². The first-order valence-electron chi connectivity index (χ1n) is 16.3. The average Bonchev–Trinajstić information content (AvgIpc) is 3.63. The van der Waals surface area contributed by atoms with Crippen LogP contribution in [-0.4, -0.2) is 126 Å². The highest BCUT2D eigenvalue weighted by molar-refractivity contribution is 8.00. The number of carbonyl (C=O) groups is 4. The highest BCUT2D eigenvalue weighted by atomic mass is 32.2. The Labute approximate surface area is 285 Å². The van der Waals surface area contributed by atoms with E-state index in [2.05, 4.69) is 26.6 Å². The lowest BCUT2D eigenvalue weighted by Gasteiger charge is -2.16. The van der Waals surface area contributed by atoms with Gasteiger partial charge in [0, 0.05) is 42.7 Å². The minimum atomic E-state index is -0.567. The molecular formula is C31H50N6O10S. The lowest BCUT2D eigenvalue weighted by Crippen LogP contribution is -2.36. The van der Waals surface area contributed by atoms with Crippen LogP contribution in [0.15, 0.2) is 24.3 Å². The van der Waals surface area contributed by atoms with Crippen molar-refractivity contribution in [3.8, 4) is 0 Å². The van der Waals surface area contributed by atoms with E-state index >= 15 is 0 Å². The quantitative estimate of drug-likeness (QED) is 0.0483. The summed E-state index contributed by atoms with van der Waals surface area (Å²) in [6.45, 7) is 3.76. The normalized spacial score (nSPS) is 18.0. The van der Waals surface area contributed by atoms with Crippen LogP contribution in [0.25, 0.3) is 0 Å². The van der Waals surface area contributed by atoms with E-state index in [1.165, 1.54) is 0 Å². The van der Waals surface area contributed by atoms with Gasteiger partial charge in [0.15, 0.2) is 0 Å². The van der Waals surface area contributed by atoms with E-state index in [1.807, 2.05) is 23.9 Å². The number of nitrogen functional groups attached to an aromatic ring is 1. The van der Waals surface area contributed by atoms with Crippen molar-refractivity contribution in [3.63, 3.8) is 0 Å². The highest BCUT2D eigenvalue weighted by Crippen LogP contribution is 2.33. The summed E-state index contributed by atoms with van der Waals surface area (Å²) in [5.74, 6) is 0.952. The zero-order valence-electron chi connectivity index (χ0n) is 27.3. The number of ether oxygens (including phenoxy) is 6. The maximum absolute atomic E-state index is 12.0. The molecule has 0 bridgehead atoms. The molecule has 17 heteroatoms. The van der Waals surface area contributed by atoms with Crippen molar-refractivity contribution < 1.29 is 47.6 Å². The Balaban J connectivity index is 0.980. The number of benzene rings is 1. The van der Waals surface area contributed by atoms with E-state index in [0.29, 0.717) is 70.1 Å².